The molecule has 4 aromatic heterocycles. The number of ether oxygens (including phenoxy) is 1. The number of fused-ring (bicyclic) bond motifs is 1. The standard InChI is InChI=1S/C24H20N8O/c1-15-16(10-25)5-3-8-19(15)21-9-20(23-24(29-21)27-14-26-23)22-12-32(31-30-22)11-17-6-4-7-18(28-17)13-33-2/h3-9,12,14H,11,13H2,1-2H3,(H,26,27,29). The zero-order valence-corrected chi connectivity index (χ0v) is 18.1. The van der Waals surface area contributed by atoms with Crippen LogP contribution >= 0.6 is 0 Å². The molecule has 0 amide bonds. The monoisotopic (exact) mass is 436 g/mol. The summed E-state index contributed by atoms with van der Waals surface area (Å²) in [5, 5.41) is 18.1. The van der Waals surface area contributed by atoms with E-state index in [4.69, 9.17) is 9.72 Å². The van der Waals surface area contributed by atoms with Crippen molar-refractivity contribution in [3.05, 3.63) is 77.5 Å². The number of hydrogen-bond donors (Lipinski definition) is 1. The summed E-state index contributed by atoms with van der Waals surface area (Å²) in [7, 11) is 1.65. The minimum atomic E-state index is 0.458. The predicted molar refractivity (Wildman–Crippen MR) is 122 cm³/mol. The second kappa shape index (κ2) is 8.61. The molecule has 0 bridgehead atoms. The molecular formula is C24H20N8O. The topological polar surface area (TPSA) is 118 Å². The average Bonchev–Trinajstić information content (AvgIpc) is 3.49. The number of aromatic nitrogens is 7. The zero-order valence-electron chi connectivity index (χ0n) is 18.1. The molecular weight excluding hydrogens is 416 g/mol. The lowest BCUT2D eigenvalue weighted by molar-refractivity contribution is 0.181. The van der Waals surface area contributed by atoms with Crippen LogP contribution in [0.3, 0.4) is 0 Å². The summed E-state index contributed by atoms with van der Waals surface area (Å²) in [6.07, 6.45) is 3.48. The number of imidazole rings is 1. The summed E-state index contributed by atoms with van der Waals surface area (Å²) < 4.78 is 6.91. The van der Waals surface area contributed by atoms with Crippen molar-refractivity contribution in [3.8, 4) is 28.6 Å². The van der Waals surface area contributed by atoms with Gasteiger partial charge in [0.2, 0.25) is 0 Å². The molecule has 9 nitrogen and oxygen atoms in total. The Morgan fingerprint density at radius 2 is 1.91 bits per heavy atom. The van der Waals surface area contributed by atoms with E-state index in [1.165, 1.54) is 0 Å². The van der Waals surface area contributed by atoms with Crippen molar-refractivity contribution < 1.29 is 4.74 Å². The molecule has 0 saturated heterocycles. The number of aromatic amines is 1. The highest BCUT2D eigenvalue weighted by molar-refractivity contribution is 5.91. The fourth-order valence-electron chi connectivity index (χ4n) is 3.81. The van der Waals surface area contributed by atoms with Crippen molar-refractivity contribution in [2.45, 2.75) is 20.1 Å². The number of rotatable bonds is 6. The van der Waals surface area contributed by atoms with Gasteiger partial charge in [-0.15, -0.1) is 5.10 Å². The summed E-state index contributed by atoms with van der Waals surface area (Å²) in [6.45, 7) is 2.86. The molecule has 4 heterocycles. The molecule has 0 aliphatic heterocycles. The Labute approximate surface area is 189 Å². The molecule has 9 heteroatoms. The van der Waals surface area contributed by atoms with E-state index in [9.17, 15) is 5.26 Å². The smallest absolute Gasteiger partial charge is 0.158 e. The number of hydrogen-bond acceptors (Lipinski definition) is 7. The highest BCUT2D eigenvalue weighted by Gasteiger charge is 2.16. The first-order chi connectivity index (χ1) is 16.2. The Kier molecular flexibility index (Phi) is 5.34. The Morgan fingerprint density at radius 1 is 1.06 bits per heavy atom. The highest BCUT2D eigenvalue weighted by Crippen LogP contribution is 2.31. The molecule has 0 fully saturated rings. The average molecular weight is 436 g/mol. The molecule has 0 spiro atoms. The van der Waals surface area contributed by atoms with Crippen LogP contribution in [-0.2, 0) is 17.9 Å². The van der Waals surface area contributed by atoms with Gasteiger partial charge in [0, 0.05) is 18.2 Å². The van der Waals surface area contributed by atoms with E-state index in [1.807, 2.05) is 49.5 Å². The van der Waals surface area contributed by atoms with Crippen molar-refractivity contribution in [1.82, 2.24) is 34.9 Å². The maximum absolute atomic E-state index is 9.41. The summed E-state index contributed by atoms with van der Waals surface area (Å²) >= 11 is 0. The molecule has 5 rings (SSSR count). The van der Waals surface area contributed by atoms with Crippen LogP contribution in [0.2, 0.25) is 0 Å². The summed E-state index contributed by atoms with van der Waals surface area (Å²) in [5.74, 6) is 0. The van der Waals surface area contributed by atoms with Gasteiger partial charge in [-0.25, -0.2) is 14.6 Å². The van der Waals surface area contributed by atoms with E-state index in [0.29, 0.717) is 35.6 Å². The second-order valence-electron chi connectivity index (χ2n) is 7.60. The van der Waals surface area contributed by atoms with Gasteiger partial charge in [-0.3, -0.25) is 4.98 Å². The van der Waals surface area contributed by atoms with E-state index in [1.54, 1.807) is 24.2 Å². The number of nitriles is 1. The highest BCUT2D eigenvalue weighted by atomic mass is 16.5. The van der Waals surface area contributed by atoms with Crippen LogP contribution in [0.1, 0.15) is 22.5 Å². The molecule has 1 N–H and O–H groups in total. The third-order valence-corrected chi connectivity index (χ3v) is 5.41. The summed E-state index contributed by atoms with van der Waals surface area (Å²) in [6, 6.07) is 15.6. The SMILES string of the molecule is COCc1cccc(Cn2cc(-c3cc(-c4cccc(C#N)c4C)nc4[nH]cnc34)nn2)n1. The molecule has 5 aromatic rings. The van der Waals surface area contributed by atoms with E-state index in [0.717, 1.165) is 33.8 Å². The van der Waals surface area contributed by atoms with Gasteiger partial charge < -0.3 is 9.72 Å². The lowest BCUT2D eigenvalue weighted by Gasteiger charge is -2.08. The van der Waals surface area contributed by atoms with E-state index in [2.05, 4.69) is 31.3 Å². The van der Waals surface area contributed by atoms with E-state index >= 15 is 0 Å². The first kappa shape index (κ1) is 20.5. The van der Waals surface area contributed by atoms with Crippen molar-refractivity contribution in [3.63, 3.8) is 0 Å². The number of nitrogens with one attached hydrogen (secondary N) is 1. The lowest BCUT2D eigenvalue weighted by atomic mass is 9.99. The fourth-order valence-corrected chi connectivity index (χ4v) is 3.81. The third kappa shape index (κ3) is 3.95. The van der Waals surface area contributed by atoms with Crippen LogP contribution in [0.25, 0.3) is 33.7 Å². The number of nitrogens with zero attached hydrogens (tertiary/aromatic N) is 7. The predicted octanol–water partition coefficient (Wildman–Crippen LogP) is 3.65. The minimum absolute atomic E-state index is 0.458. The van der Waals surface area contributed by atoms with Crippen LogP contribution in [0.15, 0.2) is 55.0 Å². The van der Waals surface area contributed by atoms with Crippen LogP contribution in [0, 0.1) is 18.3 Å². The van der Waals surface area contributed by atoms with Crippen LogP contribution in [0.5, 0.6) is 0 Å². The molecule has 0 saturated carbocycles. The summed E-state index contributed by atoms with van der Waals surface area (Å²) in [5.41, 5.74) is 7.69. The third-order valence-electron chi connectivity index (χ3n) is 5.41. The molecule has 33 heavy (non-hydrogen) atoms. The van der Waals surface area contributed by atoms with Crippen molar-refractivity contribution in [1.29, 1.82) is 5.26 Å². The molecule has 0 atom stereocenters. The first-order valence-corrected chi connectivity index (χ1v) is 10.3. The largest absolute Gasteiger partial charge is 0.378 e. The van der Waals surface area contributed by atoms with Gasteiger partial charge in [-0.2, -0.15) is 5.26 Å². The second-order valence-corrected chi connectivity index (χ2v) is 7.60. The van der Waals surface area contributed by atoms with Crippen molar-refractivity contribution >= 4 is 11.2 Å². The Balaban J connectivity index is 1.54. The van der Waals surface area contributed by atoms with E-state index in [-0.39, 0.29) is 0 Å². The van der Waals surface area contributed by atoms with Gasteiger partial charge in [-0.1, -0.05) is 23.4 Å². The van der Waals surface area contributed by atoms with Gasteiger partial charge in [0.1, 0.15) is 11.2 Å². The molecule has 0 unspecified atom stereocenters. The minimum Gasteiger partial charge on any atom is -0.378 e. The number of methoxy groups -OCH3 is 1. The number of pyridine rings is 2. The fraction of sp³-hybridized carbons (Fsp3) is 0.167. The van der Waals surface area contributed by atoms with Crippen molar-refractivity contribution in [2.24, 2.45) is 0 Å². The number of benzene rings is 1. The first-order valence-electron chi connectivity index (χ1n) is 10.3. The van der Waals surface area contributed by atoms with Gasteiger partial charge in [0.15, 0.2) is 5.65 Å². The van der Waals surface area contributed by atoms with Crippen molar-refractivity contribution in [2.75, 3.05) is 7.11 Å². The Bertz CT molecular complexity index is 1490. The molecule has 1 aromatic carbocycles. The number of H-pyrrole nitrogens is 1. The van der Waals surface area contributed by atoms with Gasteiger partial charge in [-0.05, 0) is 36.8 Å². The quantitative estimate of drug-likeness (QED) is 0.431. The Morgan fingerprint density at radius 3 is 2.76 bits per heavy atom. The van der Waals surface area contributed by atoms with Crippen LogP contribution in [-0.4, -0.2) is 42.0 Å². The summed E-state index contributed by atoms with van der Waals surface area (Å²) in [4.78, 5) is 16.8. The lowest BCUT2D eigenvalue weighted by Crippen LogP contribution is -2.04. The molecule has 0 aliphatic rings. The molecule has 0 aliphatic carbocycles. The normalized spacial score (nSPS) is 11.1. The molecule has 162 valence electrons. The van der Waals surface area contributed by atoms with Crippen LogP contribution in [0.4, 0.5) is 0 Å². The maximum atomic E-state index is 9.41. The molecule has 0 radical (unpaired) electrons. The van der Waals surface area contributed by atoms with Gasteiger partial charge >= 0.3 is 0 Å². The zero-order chi connectivity index (χ0) is 22.8. The van der Waals surface area contributed by atoms with Gasteiger partial charge in [0.05, 0.1) is 54.4 Å². The Hall–Kier alpha value is -4.42. The van der Waals surface area contributed by atoms with Gasteiger partial charge in [0.25, 0.3) is 0 Å². The van der Waals surface area contributed by atoms with Crippen LogP contribution < -0.4 is 0 Å². The van der Waals surface area contributed by atoms with E-state index < -0.39 is 0 Å². The maximum Gasteiger partial charge on any atom is 0.158 e.